The zero-order valence-electron chi connectivity index (χ0n) is 19.5. The number of Topliss-reactive ketones (excluding diaryl/α,β-unsaturated/α-hetero) is 1. The molecule has 0 atom stereocenters. The van der Waals surface area contributed by atoms with Gasteiger partial charge in [-0.15, -0.1) is 0 Å². The van der Waals surface area contributed by atoms with Crippen LogP contribution in [0.5, 0.6) is 5.75 Å². The van der Waals surface area contributed by atoms with E-state index < -0.39 is 0 Å². The Labute approximate surface area is 198 Å². The van der Waals surface area contributed by atoms with Crippen molar-refractivity contribution < 1.29 is 9.53 Å². The van der Waals surface area contributed by atoms with Crippen molar-refractivity contribution in [1.29, 1.82) is 0 Å². The second-order valence-electron chi connectivity index (χ2n) is 8.18. The SMILES string of the molecule is CCOc1c(Nc2cc(C)[nH]n2)nc(Sc2ccc(CC(=O)C3CC3)cc2)nc1N(C)CC. The molecule has 8 nitrogen and oxygen atoms in total. The van der Waals surface area contributed by atoms with Gasteiger partial charge in [-0.05, 0) is 63.1 Å². The van der Waals surface area contributed by atoms with E-state index in [0.29, 0.717) is 41.4 Å². The van der Waals surface area contributed by atoms with Crippen LogP contribution in [0.25, 0.3) is 0 Å². The fourth-order valence-electron chi connectivity index (χ4n) is 3.37. The molecule has 9 heteroatoms. The van der Waals surface area contributed by atoms with E-state index in [1.165, 1.54) is 11.8 Å². The van der Waals surface area contributed by atoms with Gasteiger partial charge in [0.2, 0.25) is 5.75 Å². The smallest absolute Gasteiger partial charge is 0.205 e. The van der Waals surface area contributed by atoms with Crippen molar-refractivity contribution in [3.05, 3.63) is 41.6 Å². The van der Waals surface area contributed by atoms with Crippen molar-refractivity contribution >= 4 is 35.0 Å². The number of aromatic nitrogens is 4. The maximum Gasteiger partial charge on any atom is 0.205 e. The van der Waals surface area contributed by atoms with Crippen molar-refractivity contribution in [1.82, 2.24) is 20.2 Å². The first-order valence-corrected chi connectivity index (χ1v) is 12.1. The normalized spacial score (nSPS) is 13.1. The molecule has 0 spiro atoms. The van der Waals surface area contributed by atoms with Gasteiger partial charge in [0.1, 0.15) is 5.78 Å². The number of benzene rings is 1. The second-order valence-corrected chi connectivity index (χ2v) is 9.22. The number of hydrogen-bond acceptors (Lipinski definition) is 8. The molecule has 1 fully saturated rings. The van der Waals surface area contributed by atoms with Crippen LogP contribution >= 0.6 is 11.8 Å². The molecule has 2 heterocycles. The third kappa shape index (κ3) is 5.84. The van der Waals surface area contributed by atoms with E-state index in [9.17, 15) is 4.79 Å². The number of H-pyrrole nitrogens is 1. The first kappa shape index (κ1) is 23.1. The molecule has 0 radical (unpaired) electrons. The highest BCUT2D eigenvalue weighted by atomic mass is 32.2. The average molecular weight is 467 g/mol. The van der Waals surface area contributed by atoms with Crippen LogP contribution in [0.3, 0.4) is 0 Å². The van der Waals surface area contributed by atoms with E-state index in [2.05, 4.69) is 22.4 Å². The maximum absolute atomic E-state index is 12.1. The zero-order chi connectivity index (χ0) is 23.4. The topological polar surface area (TPSA) is 96.0 Å². The average Bonchev–Trinajstić information content (AvgIpc) is 3.58. The standard InChI is InChI=1S/C24H30N6O2S/c1-5-30(4)23-21(32-6-2)22(25-20-13-15(3)28-29-20)26-24(27-23)33-18-11-7-16(8-12-18)14-19(31)17-9-10-17/h7-8,11-13,17H,5-6,9-10,14H2,1-4H3,(H2,25,26,27,28,29). The summed E-state index contributed by atoms with van der Waals surface area (Å²) < 4.78 is 5.94. The third-order valence-corrected chi connectivity index (χ3v) is 6.32. The second kappa shape index (κ2) is 10.2. The van der Waals surface area contributed by atoms with Gasteiger partial charge in [-0.2, -0.15) is 5.10 Å². The molecule has 0 saturated heterocycles. The largest absolute Gasteiger partial charge is 0.487 e. The number of anilines is 3. The van der Waals surface area contributed by atoms with Crippen LogP contribution in [-0.2, 0) is 11.2 Å². The van der Waals surface area contributed by atoms with Gasteiger partial charge in [-0.25, -0.2) is 9.97 Å². The van der Waals surface area contributed by atoms with Crippen LogP contribution in [0.2, 0.25) is 0 Å². The molecule has 1 aliphatic carbocycles. The van der Waals surface area contributed by atoms with E-state index in [1.54, 1.807) is 0 Å². The molecule has 0 amide bonds. The number of carbonyl (C=O) groups is 1. The summed E-state index contributed by atoms with van der Waals surface area (Å²) in [4.78, 5) is 24.7. The number of nitrogens with zero attached hydrogens (tertiary/aromatic N) is 4. The lowest BCUT2D eigenvalue weighted by atomic mass is 10.1. The summed E-state index contributed by atoms with van der Waals surface area (Å²) in [6.45, 7) is 7.22. The van der Waals surface area contributed by atoms with E-state index in [-0.39, 0.29) is 5.92 Å². The van der Waals surface area contributed by atoms with E-state index in [0.717, 1.165) is 41.4 Å². The number of rotatable bonds is 11. The molecule has 1 saturated carbocycles. The van der Waals surface area contributed by atoms with Crippen molar-refractivity contribution in [3.8, 4) is 5.75 Å². The number of hydrogen-bond donors (Lipinski definition) is 2. The molecule has 1 aliphatic rings. The quantitative estimate of drug-likeness (QED) is 0.390. The fraction of sp³-hybridized carbons (Fsp3) is 0.417. The molecule has 174 valence electrons. The molecule has 3 aromatic rings. The van der Waals surface area contributed by atoms with Gasteiger partial charge in [0.15, 0.2) is 22.6 Å². The summed E-state index contributed by atoms with van der Waals surface area (Å²) in [5, 5.41) is 11.1. The van der Waals surface area contributed by atoms with Crippen LogP contribution in [0.1, 0.15) is 37.9 Å². The van der Waals surface area contributed by atoms with Crippen molar-refractivity contribution in [2.24, 2.45) is 5.92 Å². The Morgan fingerprint density at radius 1 is 1.24 bits per heavy atom. The van der Waals surface area contributed by atoms with Crippen LogP contribution in [0, 0.1) is 12.8 Å². The molecule has 0 aliphatic heterocycles. The summed E-state index contributed by atoms with van der Waals surface area (Å²) in [5.74, 6) is 3.19. The maximum atomic E-state index is 12.1. The first-order chi connectivity index (χ1) is 16.0. The summed E-state index contributed by atoms with van der Waals surface area (Å²) in [6.07, 6.45) is 2.60. The fourth-order valence-corrected chi connectivity index (χ4v) is 4.12. The number of aryl methyl sites for hydroxylation is 1. The summed E-state index contributed by atoms with van der Waals surface area (Å²) in [5.41, 5.74) is 2.00. The lowest BCUT2D eigenvalue weighted by Gasteiger charge is -2.22. The molecule has 0 unspecified atom stereocenters. The third-order valence-electron chi connectivity index (χ3n) is 5.45. The summed E-state index contributed by atoms with van der Waals surface area (Å²) >= 11 is 1.48. The Morgan fingerprint density at radius 3 is 2.61 bits per heavy atom. The zero-order valence-corrected chi connectivity index (χ0v) is 20.3. The molecule has 1 aromatic carbocycles. The summed E-state index contributed by atoms with van der Waals surface area (Å²) in [7, 11) is 1.98. The molecular weight excluding hydrogens is 436 g/mol. The van der Waals surface area contributed by atoms with Crippen molar-refractivity contribution in [2.75, 3.05) is 30.4 Å². The van der Waals surface area contributed by atoms with Gasteiger partial charge in [0, 0.05) is 42.6 Å². The first-order valence-electron chi connectivity index (χ1n) is 11.3. The Morgan fingerprint density at radius 2 is 2.00 bits per heavy atom. The predicted molar refractivity (Wildman–Crippen MR) is 131 cm³/mol. The van der Waals surface area contributed by atoms with Crippen molar-refractivity contribution in [2.45, 2.75) is 50.1 Å². The Kier molecular flexibility index (Phi) is 7.17. The molecule has 4 rings (SSSR count). The van der Waals surface area contributed by atoms with Crippen LogP contribution in [0.4, 0.5) is 17.5 Å². The van der Waals surface area contributed by atoms with Crippen LogP contribution in [-0.4, -0.2) is 46.1 Å². The predicted octanol–water partition coefficient (Wildman–Crippen LogP) is 4.78. The van der Waals surface area contributed by atoms with Crippen LogP contribution in [0.15, 0.2) is 40.4 Å². The molecular formula is C24H30N6O2S. The van der Waals surface area contributed by atoms with Gasteiger partial charge in [0.05, 0.1) is 6.61 Å². The van der Waals surface area contributed by atoms with E-state index >= 15 is 0 Å². The Bertz CT molecular complexity index is 1110. The molecule has 2 N–H and O–H groups in total. The van der Waals surface area contributed by atoms with Crippen molar-refractivity contribution in [3.63, 3.8) is 0 Å². The minimum Gasteiger partial charge on any atom is -0.487 e. The Hall–Kier alpha value is -3.07. The lowest BCUT2D eigenvalue weighted by Crippen LogP contribution is -2.20. The highest BCUT2D eigenvalue weighted by Crippen LogP contribution is 2.38. The highest BCUT2D eigenvalue weighted by Gasteiger charge is 2.29. The van der Waals surface area contributed by atoms with Crippen LogP contribution < -0.4 is 15.0 Å². The van der Waals surface area contributed by atoms with E-state index in [4.69, 9.17) is 14.7 Å². The minimum atomic E-state index is 0.287. The molecule has 2 aromatic heterocycles. The minimum absolute atomic E-state index is 0.287. The van der Waals surface area contributed by atoms with Gasteiger partial charge in [0.25, 0.3) is 0 Å². The molecule has 33 heavy (non-hydrogen) atoms. The number of aromatic amines is 1. The molecule has 0 bridgehead atoms. The monoisotopic (exact) mass is 466 g/mol. The number of ketones is 1. The Balaban J connectivity index is 1.60. The van der Waals surface area contributed by atoms with Gasteiger partial charge in [-0.3, -0.25) is 9.89 Å². The van der Waals surface area contributed by atoms with E-state index in [1.807, 2.05) is 56.1 Å². The lowest BCUT2D eigenvalue weighted by molar-refractivity contribution is -0.119. The van der Waals surface area contributed by atoms with Gasteiger partial charge in [-0.1, -0.05) is 12.1 Å². The summed E-state index contributed by atoms with van der Waals surface area (Å²) in [6, 6.07) is 9.99. The van der Waals surface area contributed by atoms with Gasteiger partial charge < -0.3 is 15.0 Å². The number of nitrogens with one attached hydrogen (secondary N) is 2. The number of carbonyl (C=O) groups excluding carboxylic acids is 1. The highest BCUT2D eigenvalue weighted by molar-refractivity contribution is 7.99. The number of ether oxygens (including phenoxy) is 1. The van der Waals surface area contributed by atoms with Gasteiger partial charge >= 0.3 is 0 Å².